The Balaban J connectivity index is 1.61. The van der Waals surface area contributed by atoms with Crippen molar-refractivity contribution in [2.45, 2.75) is 11.5 Å². The molecule has 0 saturated heterocycles. The number of rotatable bonds is 6. The summed E-state index contributed by atoms with van der Waals surface area (Å²) in [6, 6.07) is 10.0. The van der Waals surface area contributed by atoms with Gasteiger partial charge in [-0.25, -0.2) is 14.6 Å². The summed E-state index contributed by atoms with van der Waals surface area (Å²) < 4.78 is 6.23. The van der Waals surface area contributed by atoms with Crippen LogP contribution in [0.4, 0.5) is 5.13 Å². The summed E-state index contributed by atoms with van der Waals surface area (Å²) in [5.74, 6) is 3.33. The van der Waals surface area contributed by atoms with Crippen LogP contribution in [-0.2, 0) is 11.5 Å². The van der Waals surface area contributed by atoms with Crippen LogP contribution < -0.4 is 4.90 Å². The van der Waals surface area contributed by atoms with Crippen LogP contribution in [0.15, 0.2) is 36.7 Å². The monoisotopic (exact) mass is 332 g/mol. The van der Waals surface area contributed by atoms with Gasteiger partial charge in [0, 0.05) is 25.6 Å². The van der Waals surface area contributed by atoms with Crippen LogP contribution in [0.1, 0.15) is 11.6 Å². The standard InChI is InChI=1S/C14H16N6S2/c1-19(2)14-17-12(18-22-14)8-21-9-13-15-10-16-20(13)11-6-4-3-5-7-11/h3-7,10H,8-9H2,1-2H3. The topological polar surface area (TPSA) is 59.7 Å². The highest BCUT2D eigenvalue weighted by atomic mass is 32.2. The van der Waals surface area contributed by atoms with Crippen LogP contribution in [0, 0.1) is 0 Å². The molecule has 0 bridgehead atoms. The molecule has 0 aliphatic heterocycles. The number of hydrogen-bond acceptors (Lipinski definition) is 7. The van der Waals surface area contributed by atoms with E-state index in [1.165, 1.54) is 11.5 Å². The van der Waals surface area contributed by atoms with E-state index in [2.05, 4.69) is 19.4 Å². The van der Waals surface area contributed by atoms with Gasteiger partial charge >= 0.3 is 0 Å². The van der Waals surface area contributed by atoms with Gasteiger partial charge in [-0.15, -0.1) is 11.8 Å². The van der Waals surface area contributed by atoms with Gasteiger partial charge in [0.2, 0.25) is 5.13 Å². The van der Waals surface area contributed by atoms with E-state index < -0.39 is 0 Å². The van der Waals surface area contributed by atoms with Gasteiger partial charge < -0.3 is 4.90 Å². The Hall–Kier alpha value is -1.93. The third-order valence-corrected chi connectivity index (χ3v) is 4.77. The van der Waals surface area contributed by atoms with E-state index >= 15 is 0 Å². The molecule has 2 heterocycles. The Morgan fingerprint density at radius 2 is 2.00 bits per heavy atom. The van der Waals surface area contributed by atoms with E-state index in [4.69, 9.17) is 0 Å². The number of hydrogen-bond donors (Lipinski definition) is 0. The van der Waals surface area contributed by atoms with Crippen molar-refractivity contribution in [3.05, 3.63) is 48.3 Å². The lowest BCUT2D eigenvalue weighted by atomic mass is 10.3. The van der Waals surface area contributed by atoms with Crippen LogP contribution in [0.25, 0.3) is 5.69 Å². The van der Waals surface area contributed by atoms with Gasteiger partial charge in [-0.1, -0.05) is 18.2 Å². The molecule has 3 rings (SSSR count). The Morgan fingerprint density at radius 3 is 2.73 bits per heavy atom. The fourth-order valence-corrected chi connectivity index (χ4v) is 3.34. The summed E-state index contributed by atoms with van der Waals surface area (Å²) in [5, 5.41) is 5.23. The van der Waals surface area contributed by atoms with Gasteiger partial charge in [-0.2, -0.15) is 9.47 Å². The number of anilines is 1. The molecule has 0 aliphatic carbocycles. The molecule has 0 unspecified atom stereocenters. The number of nitrogens with zero attached hydrogens (tertiary/aromatic N) is 6. The minimum atomic E-state index is 0.769. The molecule has 3 aromatic rings. The lowest BCUT2D eigenvalue weighted by molar-refractivity contribution is 0.833. The first-order valence-electron chi connectivity index (χ1n) is 6.76. The van der Waals surface area contributed by atoms with Gasteiger partial charge in [0.25, 0.3) is 0 Å². The SMILES string of the molecule is CN(C)c1nc(CSCc2ncnn2-c2ccccc2)ns1. The van der Waals surface area contributed by atoms with Gasteiger partial charge in [-0.3, -0.25) is 0 Å². The zero-order chi connectivity index (χ0) is 15.4. The lowest BCUT2D eigenvalue weighted by Crippen LogP contribution is -2.07. The first kappa shape index (κ1) is 15.0. The van der Waals surface area contributed by atoms with Crippen molar-refractivity contribution in [2.24, 2.45) is 0 Å². The Labute approximate surface area is 137 Å². The molecule has 0 aliphatic rings. The summed E-state index contributed by atoms with van der Waals surface area (Å²) in [7, 11) is 3.94. The molecule has 0 N–H and O–H groups in total. The fourth-order valence-electron chi connectivity index (χ4n) is 1.87. The van der Waals surface area contributed by atoms with Gasteiger partial charge in [0.1, 0.15) is 12.2 Å². The molecule has 0 saturated carbocycles. The summed E-state index contributed by atoms with van der Waals surface area (Å²) in [6.45, 7) is 0. The Kier molecular flexibility index (Phi) is 4.69. The Bertz CT molecular complexity index is 722. The second kappa shape index (κ2) is 6.89. The highest BCUT2D eigenvalue weighted by Gasteiger charge is 2.09. The van der Waals surface area contributed by atoms with Gasteiger partial charge in [-0.05, 0) is 12.1 Å². The minimum Gasteiger partial charge on any atom is -0.353 e. The second-order valence-electron chi connectivity index (χ2n) is 4.80. The quantitative estimate of drug-likeness (QED) is 0.691. The maximum Gasteiger partial charge on any atom is 0.204 e. The van der Waals surface area contributed by atoms with E-state index in [1.54, 1.807) is 18.1 Å². The van der Waals surface area contributed by atoms with Crippen molar-refractivity contribution in [2.75, 3.05) is 19.0 Å². The van der Waals surface area contributed by atoms with Crippen LogP contribution >= 0.6 is 23.3 Å². The highest BCUT2D eigenvalue weighted by molar-refractivity contribution is 7.97. The van der Waals surface area contributed by atoms with E-state index in [-0.39, 0.29) is 0 Å². The van der Waals surface area contributed by atoms with Crippen LogP contribution in [0.3, 0.4) is 0 Å². The van der Waals surface area contributed by atoms with Crippen molar-refractivity contribution >= 4 is 28.4 Å². The van der Waals surface area contributed by atoms with E-state index in [0.29, 0.717) is 0 Å². The summed E-state index contributed by atoms with van der Waals surface area (Å²) in [5.41, 5.74) is 1.03. The van der Waals surface area contributed by atoms with Crippen LogP contribution in [-0.4, -0.2) is 38.2 Å². The molecule has 8 heteroatoms. The van der Waals surface area contributed by atoms with E-state index in [0.717, 1.165) is 34.0 Å². The third-order valence-electron chi connectivity index (χ3n) is 2.92. The van der Waals surface area contributed by atoms with Gasteiger partial charge in [0.15, 0.2) is 5.82 Å². The van der Waals surface area contributed by atoms with E-state index in [1.807, 2.05) is 54.0 Å². The van der Waals surface area contributed by atoms with Crippen molar-refractivity contribution in [1.29, 1.82) is 0 Å². The minimum absolute atomic E-state index is 0.769. The van der Waals surface area contributed by atoms with E-state index in [9.17, 15) is 0 Å². The predicted octanol–water partition coefficient (Wildman–Crippen LogP) is 2.62. The molecular formula is C14H16N6S2. The predicted molar refractivity (Wildman–Crippen MR) is 90.6 cm³/mol. The zero-order valence-corrected chi connectivity index (χ0v) is 14.0. The molecule has 114 valence electrons. The fraction of sp³-hybridized carbons (Fsp3) is 0.286. The van der Waals surface area contributed by atoms with Crippen LogP contribution in [0.5, 0.6) is 0 Å². The molecule has 22 heavy (non-hydrogen) atoms. The van der Waals surface area contributed by atoms with Crippen molar-refractivity contribution in [1.82, 2.24) is 24.1 Å². The molecule has 0 fully saturated rings. The van der Waals surface area contributed by atoms with Crippen molar-refractivity contribution in [3.8, 4) is 5.69 Å². The van der Waals surface area contributed by atoms with Crippen LogP contribution in [0.2, 0.25) is 0 Å². The molecule has 0 radical (unpaired) electrons. The summed E-state index contributed by atoms with van der Waals surface area (Å²) in [4.78, 5) is 10.8. The summed E-state index contributed by atoms with van der Waals surface area (Å²) in [6.07, 6.45) is 1.59. The maximum atomic E-state index is 4.48. The lowest BCUT2D eigenvalue weighted by Gasteiger charge is -2.05. The van der Waals surface area contributed by atoms with Crippen molar-refractivity contribution < 1.29 is 0 Å². The van der Waals surface area contributed by atoms with Gasteiger partial charge in [0.05, 0.1) is 17.2 Å². The molecular weight excluding hydrogens is 316 g/mol. The third kappa shape index (κ3) is 3.45. The average Bonchev–Trinajstić information content (AvgIpc) is 3.17. The zero-order valence-electron chi connectivity index (χ0n) is 12.4. The first-order chi connectivity index (χ1) is 10.7. The molecule has 6 nitrogen and oxygen atoms in total. The first-order valence-corrected chi connectivity index (χ1v) is 8.69. The number of para-hydroxylation sites is 1. The summed E-state index contributed by atoms with van der Waals surface area (Å²) >= 11 is 3.16. The smallest absolute Gasteiger partial charge is 0.204 e. The molecule has 0 atom stereocenters. The largest absolute Gasteiger partial charge is 0.353 e. The Morgan fingerprint density at radius 1 is 1.18 bits per heavy atom. The highest BCUT2D eigenvalue weighted by Crippen LogP contribution is 2.20. The molecule has 0 amide bonds. The number of benzene rings is 1. The maximum absolute atomic E-state index is 4.48. The average molecular weight is 332 g/mol. The molecule has 1 aromatic carbocycles. The normalized spacial score (nSPS) is 10.8. The number of aromatic nitrogens is 5. The van der Waals surface area contributed by atoms with Crippen molar-refractivity contribution in [3.63, 3.8) is 0 Å². The molecule has 2 aromatic heterocycles. The molecule has 0 spiro atoms. The number of thioether (sulfide) groups is 1. The second-order valence-corrected chi connectivity index (χ2v) is 6.52.